The van der Waals surface area contributed by atoms with E-state index < -0.39 is 5.91 Å². The molecule has 0 unspecified atom stereocenters. The summed E-state index contributed by atoms with van der Waals surface area (Å²) in [5.41, 5.74) is 6.18. The fraction of sp³-hybridized carbons (Fsp3) is 0.364. The minimum atomic E-state index is -0.428. The maximum Gasteiger partial charge on any atom is 0.269 e. The first-order valence-corrected chi connectivity index (χ1v) is 10.5. The summed E-state index contributed by atoms with van der Waals surface area (Å²) in [5.74, 6) is 2.08. The number of carbonyl (C=O) groups is 1. The predicted molar refractivity (Wildman–Crippen MR) is 126 cm³/mol. The van der Waals surface area contributed by atoms with E-state index >= 15 is 0 Å². The molecule has 0 fully saturated rings. The van der Waals surface area contributed by atoms with Gasteiger partial charge in [-0.25, -0.2) is 0 Å². The van der Waals surface area contributed by atoms with Gasteiger partial charge in [0, 0.05) is 29.4 Å². The van der Waals surface area contributed by atoms with Crippen molar-refractivity contribution in [3.8, 4) is 28.7 Å². The van der Waals surface area contributed by atoms with E-state index in [2.05, 4.69) is 16.2 Å². The highest BCUT2D eigenvalue weighted by Crippen LogP contribution is 2.39. The molecule has 32 heavy (non-hydrogen) atoms. The fourth-order valence-electron chi connectivity index (χ4n) is 2.75. The smallest absolute Gasteiger partial charge is 0.269 e. The molecule has 0 aliphatic rings. The van der Waals surface area contributed by atoms with Gasteiger partial charge in [-0.1, -0.05) is 0 Å². The van der Waals surface area contributed by atoms with Crippen LogP contribution in [0.1, 0.15) is 31.1 Å². The summed E-state index contributed by atoms with van der Waals surface area (Å²) in [4.78, 5) is 12.7. The van der Waals surface area contributed by atoms with Crippen molar-refractivity contribution in [3.05, 3.63) is 35.9 Å². The lowest BCUT2D eigenvalue weighted by Crippen LogP contribution is -2.43. The van der Waals surface area contributed by atoms with Crippen LogP contribution >= 0.6 is 12.2 Å². The van der Waals surface area contributed by atoms with Crippen LogP contribution in [0.4, 0.5) is 5.69 Å². The summed E-state index contributed by atoms with van der Waals surface area (Å²) in [6.07, 6.45) is 0. The summed E-state index contributed by atoms with van der Waals surface area (Å²) < 4.78 is 27.4. The number of hydrazine groups is 1. The van der Waals surface area contributed by atoms with Crippen LogP contribution in [0.25, 0.3) is 0 Å². The Balaban J connectivity index is 2.12. The Labute approximate surface area is 193 Å². The monoisotopic (exact) mass is 463 g/mol. The van der Waals surface area contributed by atoms with E-state index in [4.69, 9.17) is 35.9 Å². The molecule has 2 rings (SSSR count). The molecule has 0 aromatic heterocycles. The van der Waals surface area contributed by atoms with Crippen molar-refractivity contribution < 1.29 is 28.5 Å². The van der Waals surface area contributed by atoms with Gasteiger partial charge in [0.05, 0.1) is 34.0 Å². The third kappa shape index (κ3) is 6.81. The SMILES string of the molecule is CCOc1cc(C(=O)NNC(=S)Nc2cc(OC)cc(OC)c2)cc(OCC)c1OCC. The predicted octanol–water partition coefficient (Wildman–Crippen LogP) is 3.53. The van der Waals surface area contributed by atoms with E-state index in [-0.39, 0.29) is 5.11 Å². The van der Waals surface area contributed by atoms with Gasteiger partial charge in [-0.05, 0) is 45.1 Å². The molecule has 0 aliphatic heterocycles. The molecule has 2 aromatic carbocycles. The third-order valence-electron chi connectivity index (χ3n) is 4.07. The molecule has 3 N–H and O–H groups in total. The molecule has 9 nitrogen and oxygen atoms in total. The molecule has 0 heterocycles. The molecular weight excluding hydrogens is 434 g/mol. The molecule has 0 saturated carbocycles. The van der Waals surface area contributed by atoms with Gasteiger partial charge in [0.1, 0.15) is 11.5 Å². The highest BCUT2D eigenvalue weighted by Gasteiger charge is 2.18. The zero-order chi connectivity index (χ0) is 23.5. The molecule has 0 saturated heterocycles. The Kier molecular flexibility index (Phi) is 9.68. The second-order valence-electron chi connectivity index (χ2n) is 6.24. The van der Waals surface area contributed by atoms with Crippen LogP contribution in [-0.4, -0.2) is 45.1 Å². The number of nitrogens with one attached hydrogen (secondary N) is 3. The van der Waals surface area contributed by atoms with Gasteiger partial charge >= 0.3 is 0 Å². The first-order valence-electron chi connectivity index (χ1n) is 10.1. The number of amides is 1. The van der Waals surface area contributed by atoms with Crippen LogP contribution in [0.15, 0.2) is 30.3 Å². The van der Waals surface area contributed by atoms with Crippen LogP contribution in [0.5, 0.6) is 28.7 Å². The normalized spacial score (nSPS) is 10.0. The maximum absolute atomic E-state index is 12.7. The first kappa shape index (κ1) is 24.9. The zero-order valence-corrected chi connectivity index (χ0v) is 19.7. The number of rotatable bonds is 10. The van der Waals surface area contributed by atoms with Crippen molar-refractivity contribution in [2.75, 3.05) is 39.4 Å². The Morgan fingerprint density at radius 1 is 0.812 bits per heavy atom. The molecule has 2 aromatic rings. The molecule has 1 amide bonds. The van der Waals surface area contributed by atoms with Gasteiger partial charge in [0.25, 0.3) is 5.91 Å². The summed E-state index contributed by atoms with van der Waals surface area (Å²) in [6.45, 7) is 6.81. The molecular formula is C22H29N3O6S. The average Bonchev–Trinajstić information content (AvgIpc) is 2.79. The number of hydrogen-bond acceptors (Lipinski definition) is 7. The van der Waals surface area contributed by atoms with Crippen molar-refractivity contribution >= 4 is 28.9 Å². The summed E-state index contributed by atoms with van der Waals surface area (Å²) in [7, 11) is 3.11. The van der Waals surface area contributed by atoms with E-state index in [9.17, 15) is 4.79 Å². The Hall–Kier alpha value is -3.40. The van der Waals surface area contributed by atoms with E-state index in [0.717, 1.165) is 0 Å². The molecule has 0 atom stereocenters. The van der Waals surface area contributed by atoms with Gasteiger partial charge < -0.3 is 29.0 Å². The van der Waals surface area contributed by atoms with Gasteiger partial charge in [-0.3, -0.25) is 15.6 Å². The quantitative estimate of drug-likeness (QED) is 0.361. The van der Waals surface area contributed by atoms with E-state index in [0.29, 0.717) is 59.8 Å². The Bertz CT molecular complexity index is 889. The minimum absolute atomic E-state index is 0.176. The number of methoxy groups -OCH3 is 2. The number of carbonyl (C=O) groups excluding carboxylic acids is 1. The number of thiocarbonyl (C=S) groups is 1. The van der Waals surface area contributed by atoms with E-state index in [1.54, 1.807) is 44.6 Å². The molecule has 0 radical (unpaired) electrons. The molecule has 0 bridgehead atoms. The van der Waals surface area contributed by atoms with Gasteiger partial charge in [-0.15, -0.1) is 0 Å². The fourth-order valence-corrected chi connectivity index (χ4v) is 2.92. The van der Waals surface area contributed by atoms with Crippen LogP contribution in [0.3, 0.4) is 0 Å². The molecule has 10 heteroatoms. The van der Waals surface area contributed by atoms with Gasteiger partial charge in [0.15, 0.2) is 16.6 Å². The lowest BCUT2D eigenvalue weighted by atomic mass is 10.1. The molecule has 0 aliphatic carbocycles. The van der Waals surface area contributed by atoms with Crippen LogP contribution in [0, 0.1) is 0 Å². The standard InChI is InChI=1S/C22H29N3O6S/c1-6-29-18-9-14(10-19(30-7-2)20(18)31-8-3)21(26)24-25-22(32)23-15-11-16(27-4)13-17(12-15)28-5/h9-13H,6-8H2,1-5H3,(H,24,26)(H2,23,25,32). The average molecular weight is 464 g/mol. The van der Waals surface area contributed by atoms with Gasteiger partial charge in [0.2, 0.25) is 5.75 Å². The minimum Gasteiger partial charge on any atom is -0.497 e. The van der Waals surface area contributed by atoms with Crippen molar-refractivity contribution in [1.29, 1.82) is 0 Å². The second-order valence-corrected chi connectivity index (χ2v) is 6.64. The Morgan fingerprint density at radius 3 is 1.81 bits per heavy atom. The second kappa shape index (κ2) is 12.5. The van der Waals surface area contributed by atoms with Crippen LogP contribution in [-0.2, 0) is 0 Å². The largest absolute Gasteiger partial charge is 0.497 e. The van der Waals surface area contributed by atoms with Crippen molar-refractivity contribution in [2.45, 2.75) is 20.8 Å². The number of anilines is 1. The molecule has 0 spiro atoms. The summed E-state index contributed by atoms with van der Waals surface area (Å²) in [5, 5.41) is 3.14. The maximum atomic E-state index is 12.7. The van der Waals surface area contributed by atoms with E-state index in [1.807, 2.05) is 20.8 Å². The highest BCUT2D eigenvalue weighted by atomic mass is 32.1. The van der Waals surface area contributed by atoms with Crippen LogP contribution < -0.4 is 39.9 Å². The van der Waals surface area contributed by atoms with Crippen molar-refractivity contribution in [2.24, 2.45) is 0 Å². The summed E-state index contributed by atoms with van der Waals surface area (Å²) in [6, 6.07) is 8.41. The van der Waals surface area contributed by atoms with Gasteiger partial charge in [-0.2, -0.15) is 0 Å². The topological polar surface area (TPSA) is 99.3 Å². The number of benzene rings is 2. The highest BCUT2D eigenvalue weighted by molar-refractivity contribution is 7.80. The summed E-state index contributed by atoms with van der Waals surface area (Å²) >= 11 is 5.27. The van der Waals surface area contributed by atoms with E-state index in [1.165, 1.54) is 0 Å². The van der Waals surface area contributed by atoms with Crippen molar-refractivity contribution in [3.63, 3.8) is 0 Å². The van der Waals surface area contributed by atoms with Crippen LogP contribution in [0.2, 0.25) is 0 Å². The van der Waals surface area contributed by atoms with Crippen molar-refractivity contribution in [1.82, 2.24) is 10.9 Å². The first-order chi connectivity index (χ1) is 15.4. The lowest BCUT2D eigenvalue weighted by Gasteiger charge is -2.17. The third-order valence-corrected chi connectivity index (χ3v) is 4.27. The number of hydrogen-bond donors (Lipinski definition) is 3. The zero-order valence-electron chi connectivity index (χ0n) is 18.9. The number of ether oxygens (including phenoxy) is 5. The Morgan fingerprint density at radius 2 is 1.34 bits per heavy atom. The molecule has 174 valence electrons. The lowest BCUT2D eigenvalue weighted by molar-refractivity contribution is 0.0943.